The molecule has 0 saturated carbocycles. The molecule has 0 fully saturated rings. The fourth-order valence-electron chi connectivity index (χ4n) is 1.83. The number of aromatic nitrogens is 2. The van der Waals surface area contributed by atoms with Crippen molar-refractivity contribution in [3.63, 3.8) is 0 Å². The lowest BCUT2D eigenvalue weighted by atomic mass is 9.99. The maximum atomic E-state index is 13.5. The normalized spacial score (nSPS) is 13.8. The Morgan fingerprint density at radius 3 is 2.81 bits per heavy atom. The van der Waals surface area contributed by atoms with Crippen molar-refractivity contribution in [3.05, 3.63) is 53.4 Å². The van der Waals surface area contributed by atoms with Crippen molar-refractivity contribution in [2.75, 3.05) is 6.54 Å². The number of rotatable bonds is 4. The Balaban J connectivity index is 2.09. The van der Waals surface area contributed by atoms with Crippen molar-refractivity contribution in [2.45, 2.75) is 12.5 Å². The van der Waals surface area contributed by atoms with Crippen LogP contribution in [-0.2, 0) is 12.6 Å². The molecule has 1 unspecified atom stereocenters. The molecule has 1 heterocycles. The van der Waals surface area contributed by atoms with Crippen LogP contribution in [0, 0.1) is 11.6 Å². The number of hydrogen-bond donors (Lipinski definition) is 2. The molecule has 5 nitrogen and oxygen atoms in total. The van der Waals surface area contributed by atoms with E-state index in [-0.39, 0.29) is 6.54 Å². The molecule has 0 aliphatic rings. The van der Waals surface area contributed by atoms with Gasteiger partial charge in [-0.3, -0.25) is 9.48 Å². The molecule has 0 aliphatic carbocycles. The Kier molecular flexibility index (Phi) is 4.04. The Hall–Kier alpha value is -2.28. The molecular weight excluding hydrogens is 280 g/mol. The van der Waals surface area contributed by atoms with E-state index in [4.69, 9.17) is 0 Å². The highest BCUT2D eigenvalue weighted by molar-refractivity contribution is 5.94. The average molecular weight is 295 g/mol. The summed E-state index contributed by atoms with van der Waals surface area (Å²) < 4.78 is 28.1. The number of nitrogens with zero attached hydrogens (tertiary/aromatic N) is 2. The van der Waals surface area contributed by atoms with Crippen LogP contribution in [0.5, 0.6) is 0 Å². The zero-order chi connectivity index (χ0) is 15.6. The van der Waals surface area contributed by atoms with Gasteiger partial charge in [0.1, 0.15) is 5.60 Å². The second kappa shape index (κ2) is 5.61. The van der Waals surface area contributed by atoms with E-state index in [0.29, 0.717) is 5.56 Å². The van der Waals surface area contributed by atoms with Crippen LogP contribution in [-0.4, -0.2) is 27.3 Å². The number of aliphatic hydroxyl groups is 1. The van der Waals surface area contributed by atoms with Crippen molar-refractivity contribution in [2.24, 2.45) is 7.05 Å². The minimum absolute atomic E-state index is 0.159. The van der Waals surface area contributed by atoms with Crippen LogP contribution in [0.2, 0.25) is 0 Å². The van der Waals surface area contributed by atoms with Gasteiger partial charge in [0.25, 0.3) is 5.91 Å². The SMILES string of the molecule is Cn1cc(C(C)(O)CNC(=O)c2cccc(F)c2F)cn1. The molecule has 2 N–H and O–H groups in total. The van der Waals surface area contributed by atoms with Crippen molar-refractivity contribution >= 4 is 5.91 Å². The monoisotopic (exact) mass is 295 g/mol. The number of halogens is 2. The third-order valence-electron chi connectivity index (χ3n) is 3.12. The Morgan fingerprint density at radius 1 is 1.48 bits per heavy atom. The Morgan fingerprint density at radius 2 is 2.19 bits per heavy atom. The van der Waals surface area contributed by atoms with E-state index in [1.165, 1.54) is 29.9 Å². The van der Waals surface area contributed by atoms with Crippen LogP contribution < -0.4 is 5.32 Å². The van der Waals surface area contributed by atoms with Gasteiger partial charge in [-0.2, -0.15) is 5.10 Å². The molecule has 112 valence electrons. The minimum atomic E-state index is -1.37. The zero-order valence-corrected chi connectivity index (χ0v) is 11.6. The predicted molar refractivity (Wildman–Crippen MR) is 71.5 cm³/mol. The smallest absolute Gasteiger partial charge is 0.254 e. The topological polar surface area (TPSA) is 67.2 Å². The molecule has 1 aromatic heterocycles. The molecule has 0 radical (unpaired) electrons. The van der Waals surface area contributed by atoms with E-state index >= 15 is 0 Å². The second-order valence-corrected chi connectivity index (χ2v) is 4.96. The number of hydrogen-bond acceptors (Lipinski definition) is 3. The van der Waals surface area contributed by atoms with E-state index in [9.17, 15) is 18.7 Å². The van der Waals surface area contributed by atoms with Gasteiger partial charge in [0, 0.05) is 18.8 Å². The minimum Gasteiger partial charge on any atom is -0.383 e. The van der Waals surface area contributed by atoms with Gasteiger partial charge >= 0.3 is 0 Å². The third-order valence-corrected chi connectivity index (χ3v) is 3.12. The molecule has 2 rings (SSSR count). The summed E-state index contributed by atoms with van der Waals surface area (Å²) in [7, 11) is 1.69. The molecular formula is C14H15F2N3O2. The molecule has 1 atom stereocenters. The first kappa shape index (κ1) is 15.1. The largest absolute Gasteiger partial charge is 0.383 e. The van der Waals surface area contributed by atoms with Gasteiger partial charge in [-0.1, -0.05) is 6.07 Å². The molecule has 21 heavy (non-hydrogen) atoms. The summed E-state index contributed by atoms with van der Waals surface area (Å²) >= 11 is 0. The van der Waals surface area contributed by atoms with Gasteiger partial charge in [-0.25, -0.2) is 8.78 Å². The van der Waals surface area contributed by atoms with Crippen molar-refractivity contribution in [1.29, 1.82) is 0 Å². The summed E-state index contributed by atoms with van der Waals surface area (Å²) in [5.41, 5.74) is -1.27. The van der Waals surface area contributed by atoms with Gasteiger partial charge in [0.2, 0.25) is 0 Å². The van der Waals surface area contributed by atoms with Crippen LogP contribution >= 0.6 is 0 Å². The second-order valence-electron chi connectivity index (χ2n) is 4.96. The van der Waals surface area contributed by atoms with E-state index in [1.54, 1.807) is 13.2 Å². The Labute approximate surface area is 120 Å². The van der Waals surface area contributed by atoms with E-state index in [1.807, 2.05) is 0 Å². The summed E-state index contributed by atoms with van der Waals surface area (Å²) in [5, 5.41) is 16.6. The highest BCUT2D eigenvalue weighted by Gasteiger charge is 2.26. The highest BCUT2D eigenvalue weighted by atomic mass is 19.2. The van der Waals surface area contributed by atoms with E-state index in [0.717, 1.165) is 6.07 Å². The quantitative estimate of drug-likeness (QED) is 0.894. The van der Waals surface area contributed by atoms with E-state index < -0.39 is 28.7 Å². The van der Waals surface area contributed by atoms with Gasteiger partial charge in [-0.15, -0.1) is 0 Å². The molecule has 0 saturated heterocycles. The Bertz CT molecular complexity index is 668. The van der Waals surface area contributed by atoms with Gasteiger partial charge < -0.3 is 10.4 Å². The number of nitrogens with one attached hydrogen (secondary N) is 1. The molecule has 1 aromatic carbocycles. The summed E-state index contributed by atoms with van der Waals surface area (Å²) in [6.45, 7) is 1.33. The maximum Gasteiger partial charge on any atom is 0.254 e. The van der Waals surface area contributed by atoms with Crippen molar-refractivity contribution in [1.82, 2.24) is 15.1 Å². The van der Waals surface area contributed by atoms with Crippen molar-refractivity contribution in [3.8, 4) is 0 Å². The molecule has 0 bridgehead atoms. The fourth-order valence-corrected chi connectivity index (χ4v) is 1.83. The number of carbonyl (C=O) groups excluding carboxylic acids is 1. The molecule has 7 heteroatoms. The lowest BCUT2D eigenvalue weighted by molar-refractivity contribution is 0.0524. The van der Waals surface area contributed by atoms with Crippen LogP contribution in [0.15, 0.2) is 30.6 Å². The molecule has 1 amide bonds. The summed E-state index contributed by atoms with van der Waals surface area (Å²) in [5.74, 6) is -3.10. The summed E-state index contributed by atoms with van der Waals surface area (Å²) in [6.07, 6.45) is 3.07. The average Bonchev–Trinajstić information content (AvgIpc) is 2.87. The van der Waals surface area contributed by atoms with Gasteiger partial charge in [-0.05, 0) is 19.1 Å². The molecule has 0 aliphatic heterocycles. The first-order valence-corrected chi connectivity index (χ1v) is 6.25. The molecule has 0 spiro atoms. The van der Waals surface area contributed by atoms with Crippen LogP contribution in [0.3, 0.4) is 0 Å². The fraction of sp³-hybridized carbons (Fsp3) is 0.286. The lowest BCUT2D eigenvalue weighted by Crippen LogP contribution is -2.38. The number of benzene rings is 1. The predicted octanol–water partition coefficient (Wildman–Crippen LogP) is 1.34. The lowest BCUT2D eigenvalue weighted by Gasteiger charge is -2.22. The summed E-state index contributed by atoms with van der Waals surface area (Å²) in [4.78, 5) is 11.9. The number of amides is 1. The zero-order valence-electron chi connectivity index (χ0n) is 11.6. The molecule has 2 aromatic rings. The first-order valence-electron chi connectivity index (χ1n) is 6.25. The van der Waals surface area contributed by atoms with E-state index in [2.05, 4.69) is 10.4 Å². The van der Waals surface area contributed by atoms with Crippen LogP contribution in [0.1, 0.15) is 22.8 Å². The van der Waals surface area contributed by atoms with Crippen LogP contribution in [0.25, 0.3) is 0 Å². The van der Waals surface area contributed by atoms with Gasteiger partial charge in [0.05, 0.1) is 18.3 Å². The van der Waals surface area contributed by atoms with Crippen molar-refractivity contribution < 1.29 is 18.7 Å². The summed E-state index contributed by atoms with van der Waals surface area (Å²) in [6, 6.07) is 3.34. The number of carbonyl (C=O) groups is 1. The number of aryl methyl sites for hydroxylation is 1. The third kappa shape index (κ3) is 3.25. The standard InChI is InChI=1S/C14H15F2N3O2/c1-14(21,9-6-18-19(2)7-9)8-17-13(20)10-4-3-5-11(15)12(10)16/h3-7,21H,8H2,1-2H3,(H,17,20). The maximum absolute atomic E-state index is 13.5. The first-order chi connectivity index (χ1) is 9.81. The highest BCUT2D eigenvalue weighted by Crippen LogP contribution is 2.19. The van der Waals surface area contributed by atoms with Crippen LogP contribution in [0.4, 0.5) is 8.78 Å². The van der Waals surface area contributed by atoms with Gasteiger partial charge in [0.15, 0.2) is 11.6 Å².